The zero-order valence-electron chi connectivity index (χ0n) is 43.1. The van der Waals surface area contributed by atoms with Crippen LogP contribution in [-0.4, -0.2) is 141 Å². The first-order valence-electron chi connectivity index (χ1n) is 24.4. The predicted molar refractivity (Wildman–Crippen MR) is 268 cm³/mol. The van der Waals surface area contributed by atoms with E-state index in [0.29, 0.717) is 124 Å². The third kappa shape index (κ3) is 16.7. The number of sulfone groups is 2. The highest BCUT2D eigenvalue weighted by Gasteiger charge is 2.39. The van der Waals surface area contributed by atoms with Gasteiger partial charge in [0.25, 0.3) is 0 Å². The molecule has 74 heavy (non-hydrogen) atoms. The number of rotatable bonds is 14. The molecule has 0 bridgehead atoms. The fraction of sp³-hybridized carbons (Fsp3) is 0.571. The summed E-state index contributed by atoms with van der Waals surface area (Å²) in [6.07, 6.45) is 9.76. The highest BCUT2D eigenvalue weighted by Crippen LogP contribution is 2.36. The third-order valence-electron chi connectivity index (χ3n) is 11.4. The van der Waals surface area contributed by atoms with E-state index < -0.39 is 30.7 Å². The number of likely N-dealkylation sites (tertiary alicyclic amines) is 2. The number of piperidine rings is 2. The standard InChI is InChI=1S/C23H30N4O6S.C22H28N4O6S.C4H7ClO2/c1-15-20(31-16-9-11-27(12-10-16)22(28)33-23(2,3)4)25-14-26-21(15)32-17-5-8-19(24-13-17)34(29,30)18-6-7-18;1-14(2)30-22(27)26-10-8-16(9-11-26)31-20-15(3)21(25-13-24-20)32-17-4-7-19(23-12-17)33(28,29)18-5-6-18;1-3(2)7-4(5)6/h5,8,13-14,16,18H,6-7,9-12H2,1-4H3;4,7,12-14,16,18H,5-6,8-11H2,1-3H3;3H,1-2H3. The number of aromatic nitrogens is 6. The molecule has 0 unspecified atom stereocenters. The number of carbonyl (C=O) groups excluding carboxylic acids is 3. The number of nitrogens with zero attached hydrogens (tertiary/aromatic N) is 8. The van der Waals surface area contributed by atoms with E-state index in [1.54, 1.807) is 49.6 Å². The number of carbonyl (C=O) groups is 3. The molecule has 0 aromatic carbocycles. The van der Waals surface area contributed by atoms with Crippen LogP contribution in [0, 0.1) is 13.8 Å². The molecule has 8 rings (SSSR count). The van der Waals surface area contributed by atoms with E-state index >= 15 is 0 Å². The lowest BCUT2D eigenvalue weighted by atomic mass is 10.1. The molecule has 2 aliphatic carbocycles. The van der Waals surface area contributed by atoms with Crippen molar-refractivity contribution in [1.29, 1.82) is 0 Å². The van der Waals surface area contributed by atoms with Gasteiger partial charge in [0.05, 0.1) is 46.2 Å². The second kappa shape index (κ2) is 24.9. The minimum atomic E-state index is -3.35. The van der Waals surface area contributed by atoms with Crippen LogP contribution >= 0.6 is 11.6 Å². The Balaban J connectivity index is 0.000000214. The Hall–Kier alpha value is -6.14. The molecule has 0 atom stereocenters. The van der Waals surface area contributed by atoms with Gasteiger partial charge in [0.1, 0.15) is 42.0 Å². The Morgan fingerprint density at radius 3 is 1.26 bits per heavy atom. The normalized spacial score (nSPS) is 16.5. The molecule has 0 radical (unpaired) electrons. The highest BCUT2D eigenvalue weighted by molar-refractivity contribution is 7.92. The molecule has 2 saturated heterocycles. The largest absolute Gasteiger partial charge is 0.474 e. The summed E-state index contributed by atoms with van der Waals surface area (Å²) in [5, 5.41) is -0.507. The van der Waals surface area contributed by atoms with Crippen molar-refractivity contribution in [2.45, 2.75) is 164 Å². The zero-order chi connectivity index (χ0) is 54.0. The predicted octanol–water partition coefficient (Wildman–Crippen LogP) is 8.75. The topological polar surface area (TPSA) is 268 Å². The van der Waals surface area contributed by atoms with Crippen LogP contribution in [0.1, 0.15) is 111 Å². The van der Waals surface area contributed by atoms with Gasteiger partial charge in [-0.3, -0.25) is 0 Å². The molecular weight excluding hydrogens is 1020 g/mol. The van der Waals surface area contributed by atoms with Gasteiger partial charge in [-0.15, -0.1) is 0 Å². The van der Waals surface area contributed by atoms with E-state index in [0.717, 1.165) is 0 Å². The molecule has 4 aromatic rings. The highest BCUT2D eigenvalue weighted by atomic mass is 35.5. The molecule has 404 valence electrons. The molecule has 2 amide bonds. The first kappa shape index (κ1) is 57.1. The van der Waals surface area contributed by atoms with Gasteiger partial charge in [-0.05, 0) is 112 Å². The fourth-order valence-corrected chi connectivity index (χ4v) is 10.5. The van der Waals surface area contributed by atoms with Crippen LogP contribution in [0.15, 0.2) is 59.4 Å². The molecule has 4 fully saturated rings. The summed E-state index contributed by atoms with van der Waals surface area (Å²) in [7, 11) is -6.70. The van der Waals surface area contributed by atoms with Crippen molar-refractivity contribution in [3.8, 4) is 35.0 Å². The van der Waals surface area contributed by atoms with E-state index in [9.17, 15) is 31.2 Å². The number of hydrogen-bond donors (Lipinski definition) is 0. The maximum Gasteiger partial charge on any atom is 0.410 e. The molecule has 0 spiro atoms. The summed E-state index contributed by atoms with van der Waals surface area (Å²) < 4.78 is 88.0. The Kier molecular flexibility index (Phi) is 19.2. The van der Waals surface area contributed by atoms with Crippen LogP contribution < -0.4 is 18.9 Å². The van der Waals surface area contributed by atoms with Crippen LogP contribution in [-0.2, 0) is 33.9 Å². The summed E-state index contributed by atoms with van der Waals surface area (Å²) in [4.78, 5) is 62.4. The Morgan fingerprint density at radius 2 is 0.946 bits per heavy atom. The molecule has 2 saturated carbocycles. The van der Waals surface area contributed by atoms with Crippen LogP contribution in [0.3, 0.4) is 0 Å². The second-order valence-electron chi connectivity index (χ2n) is 19.5. The first-order valence-corrected chi connectivity index (χ1v) is 27.9. The number of ether oxygens (including phenoxy) is 7. The van der Waals surface area contributed by atoms with Gasteiger partial charge in [0.15, 0.2) is 29.7 Å². The quantitative estimate of drug-likeness (QED) is 0.0843. The maximum atomic E-state index is 12.3. The lowest BCUT2D eigenvalue weighted by Crippen LogP contribution is -2.44. The summed E-state index contributed by atoms with van der Waals surface area (Å²) in [6.45, 7) is 18.4. The van der Waals surface area contributed by atoms with Gasteiger partial charge in [0.2, 0.25) is 23.5 Å². The van der Waals surface area contributed by atoms with E-state index in [-0.39, 0.29) is 57.2 Å². The third-order valence-corrected chi connectivity index (χ3v) is 15.8. The average molecular weight is 1090 g/mol. The molecule has 0 N–H and O–H groups in total. The number of hydrogen-bond acceptors (Lipinski definition) is 20. The average Bonchev–Trinajstić information content (AvgIpc) is 4.26. The monoisotopic (exact) mass is 1090 g/mol. The summed E-state index contributed by atoms with van der Waals surface area (Å²) in [5.41, 5.74) is -0.0317. The van der Waals surface area contributed by atoms with Gasteiger partial charge >= 0.3 is 17.6 Å². The van der Waals surface area contributed by atoms with E-state index in [4.69, 9.17) is 40.0 Å². The molecule has 25 heteroatoms. The Morgan fingerprint density at radius 1 is 0.568 bits per heavy atom. The smallest absolute Gasteiger partial charge is 0.410 e. The van der Waals surface area contributed by atoms with Crippen LogP contribution in [0.25, 0.3) is 0 Å². The summed E-state index contributed by atoms with van der Waals surface area (Å²) >= 11 is 4.81. The van der Waals surface area contributed by atoms with Crippen molar-refractivity contribution in [2.24, 2.45) is 0 Å². The lowest BCUT2D eigenvalue weighted by Gasteiger charge is -2.33. The summed E-state index contributed by atoms with van der Waals surface area (Å²) in [6, 6.07) is 6.04. The molecular formula is C49H65ClN8O14S2. The van der Waals surface area contributed by atoms with Gasteiger partial charge in [0, 0.05) is 63.5 Å². The second-order valence-corrected chi connectivity index (χ2v) is 24.2. The van der Waals surface area contributed by atoms with Gasteiger partial charge < -0.3 is 43.0 Å². The van der Waals surface area contributed by atoms with E-state index in [1.807, 2.05) is 34.6 Å². The lowest BCUT2D eigenvalue weighted by molar-refractivity contribution is 0.0121. The SMILES string of the molecule is CC(C)OC(=O)Cl.Cc1c(Oc2ccc(S(=O)(=O)C3CC3)nc2)ncnc1OC1CCN(C(=O)OC(C)(C)C)CC1.Cc1c(Oc2ccc(S(=O)(=O)C3CC3)nc2)ncnc1OC1CCN(C(=O)OC(C)C)CC1. The number of pyridine rings is 2. The van der Waals surface area contributed by atoms with Crippen LogP contribution in [0.5, 0.6) is 35.0 Å². The van der Waals surface area contributed by atoms with Crippen molar-refractivity contribution < 1.29 is 64.4 Å². The van der Waals surface area contributed by atoms with Gasteiger partial charge in [-0.1, -0.05) is 0 Å². The van der Waals surface area contributed by atoms with Crippen LogP contribution in [0.4, 0.5) is 14.4 Å². The van der Waals surface area contributed by atoms with Crippen molar-refractivity contribution in [1.82, 2.24) is 39.7 Å². The minimum Gasteiger partial charge on any atom is -0.474 e. The Bertz CT molecular complexity index is 2780. The van der Waals surface area contributed by atoms with Crippen molar-refractivity contribution in [3.63, 3.8) is 0 Å². The van der Waals surface area contributed by atoms with Gasteiger partial charge in [-0.25, -0.2) is 61.1 Å². The molecule has 4 aromatic heterocycles. The number of halogens is 1. The van der Waals surface area contributed by atoms with Crippen LogP contribution in [0.2, 0.25) is 0 Å². The Labute approximate surface area is 437 Å². The number of amides is 2. The van der Waals surface area contributed by atoms with Crippen molar-refractivity contribution >= 4 is 48.9 Å². The van der Waals surface area contributed by atoms with E-state index in [2.05, 4.69) is 34.6 Å². The zero-order valence-corrected chi connectivity index (χ0v) is 45.4. The minimum absolute atomic E-state index is 0.0588. The van der Waals surface area contributed by atoms with Crippen molar-refractivity contribution in [3.05, 3.63) is 60.4 Å². The first-order chi connectivity index (χ1) is 34.9. The molecule has 4 aliphatic rings. The molecule has 22 nitrogen and oxygen atoms in total. The molecule has 2 aliphatic heterocycles. The van der Waals surface area contributed by atoms with Gasteiger partial charge in [-0.2, -0.15) is 0 Å². The van der Waals surface area contributed by atoms with Crippen molar-refractivity contribution in [2.75, 3.05) is 26.2 Å². The molecule has 6 heterocycles. The fourth-order valence-electron chi connectivity index (χ4n) is 7.21. The summed E-state index contributed by atoms with van der Waals surface area (Å²) in [5.74, 6) is 2.15. The van der Waals surface area contributed by atoms with E-state index in [1.165, 1.54) is 37.2 Å². The maximum absolute atomic E-state index is 12.3.